The van der Waals surface area contributed by atoms with Crippen molar-refractivity contribution in [2.24, 2.45) is 11.8 Å². The van der Waals surface area contributed by atoms with Crippen molar-refractivity contribution in [1.82, 2.24) is 0 Å². The Hall–Kier alpha value is -2.27. The maximum atomic E-state index is 13.0. The Morgan fingerprint density at radius 2 is 1.96 bits per heavy atom. The van der Waals surface area contributed by atoms with E-state index in [1.54, 1.807) is 18.2 Å². The van der Waals surface area contributed by atoms with Gasteiger partial charge >= 0.3 is 5.97 Å². The molecule has 3 atom stereocenters. The lowest BCUT2D eigenvalue weighted by atomic mass is 9.72. The van der Waals surface area contributed by atoms with Crippen LogP contribution < -0.4 is 0 Å². The van der Waals surface area contributed by atoms with Crippen LogP contribution in [0.15, 0.2) is 43.0 Å². The van der Waals surface area contributed by atoms with Gasteiger partial charge in [-0.15, -0.1) is 0 Å². The van der Waals surface area contributed by atoms with E-state index in [9.17, 15) is 14.0 Å². The average Bonchev–Trinajstić information content (AvgIpc) is 2.92. The minimum Gasteiger partial charge on any atom is -0.469 e. The van der Waals surface area contributed by atoms with E-state index in [0.29, 0.717) is 13.0 Å². The van der Waals surface area contributed by atoms with Gasteiger partial charge in [0.15, 0.2) is 5.78 Å². The first-order chi connectivity index (χ1) is 11.8. The molecule has 3 unspecified atom stereocenters. The van der Waals surface area contributed by atoms with E-state index in [-0.39, 0.29) is 35.0 Å². The topological polar surface area (TPSA) is 52.6 Å². The molecule has 134 valence electrons. The number of carbonyl (C=O) groups is 2. The molecule has 0 N–H and O–H groups in total. The summed E-state index contributed by atoms with van der Waals surface area (Å²) >= 11 is 0. The monoisotopic (exact) mass is 346 g/mol. The Kier molecular flexibility index (Phi) is 5.90. The molecule has 3 rings (SSSR count). The normalized spacial score (nSPS) is 27.1. The molecule has 0 aromatic heterocycles. The van der Waals surface area contributed by atoms with Crippen LogP contribution in [0.25, 0.3) is 5.57 Å². The first-order valence-corrected chi connectivity index (χ1v) is 8.12. The lowest BCUT2D eigenvalue weighted by Crippen LogP contribution is -2.36. The fraction of sp³-hybridized carbons (Fsp3) is 0.400. The summed E-state index contributed by atoms with van der Waals surface area (Å²) in [5, 5.41) is 0. The van der Waals surface area contributed by atoms with Gasteiger partial charge in [-0.2, -0.15) is 0 Å². The van der Waals surface area contributed by atoms with E-state index in [4.69, 9.17) is 4.74 Å². The summed E-state index contributed by atoms with van der Waals surface area (Å²) in [6, 6.07) is 6.32. The Morgan fingerprint density at radius 1 is 1.36 bits per heavy atom. The van der Waals surface area contributed by atoms with E-state index >= 15 is 0 Å². The third kappa shape index (κ3) is 4.42. The molecule has 1 aliphatic heterocycles. The molecular formula is C20H23FO4. The first kappa shape index (κ1) is 19.1. The standard InChI is InChI=1S/C17H17FO2.C3H6O2/c1-11(12-3-5-13(18)6-4-12)15-10-20-17(2)8-7-14(19)9-16(15)17;1-3(4)5-2/h3-8,15-16H,1,9-10H2,2H3;1-2H3. The van der Waals surface area contributed by atoms with Gasteiger partial charge in [0.2, 0.25) is 0 Å². The van der Waals surface area contributed by atoms with E-state index in [1.165, 1.54) is 26.2 Å². The molecule has 1 fully saturated rings. The molecule has 1 aromatic rings. The number of ketones is 1. The molecule has 0 bridgehead atoms. The summed E-state index contributed by atoms with van der Waals surface area (Å²) in [6.45, 7) is 8.07. The zero-order chi connectivity index (χ0) is 18.6. The number of halogens is 1. The van der Waals surface area contributed by atoms with Crippen LogP contribution in [-0.2, 0) is 19.1 Å². The van der Waals surface area contributed by atoms with Crippen LogP contribution in [0.1, 0.15) is 25.8 Å². The number of esters is 1. The second-order valence-corrected chi connectivity index (χ2v) is 6.44. The number of ether oxygens (including phenoxy) is 2. The molecule has 5 heteroatoms. The second kappa shape index (κ2) is 7.74. The molecular weight excluding hydrogens is 323 g/mol. The van der Waals surface area contributed by atoms with Gasteiger partial charge in [0.05, 0.1) is 19.3 Å². The zero-order valence-corrected chi connectivity index (χ0v) is 14.8. The summed E-state index contributed by atoms with van der Waals surface area (Å²) in [5.41, 5.74) is 1.44. The van der Waals surface area contributed by atoms with E-state index < -0.39 is 0 Å². The molecule has 1 heterocycles. The largest absolute Gasteiger partial charge is 0.469 e. The van der Waals surface area contributed by atoms with Crippen LogP contribution in [0.4, 0.5) is 4.39 Å². The molecule has 2 aliphatic rings. The molecule has 25 heavy (non-hydrogen) atoms. The number of rotatable bonds is 2. The second-order valence-electron chi connectivity index (χ2n) is 6.44. The Balaban J connectivity index is 0.000000399. The molecule has 1 aliphatic carbocycles. The van der Waals surface area contributed by atoms with E-state index in [1.807, 2.05) is 13.0 Å². The van der Waals surface area contributed by atoms with Gasteiger partial charge in [-0.05, 0) is 42.3 Å². The number of benzene rings is 1. The van der Waals surface area contributed by atoms with Gasteiger partial charge in [0.25, 0.3) is 0 Å². The number of methoxy groups -OCH3 is 1. The highest BCUT2D eigenvalue weighted by Crippen LogP contribution is 2.46. The number of hydrogen-bond acceptors (Lipinski definition) is 4. The van der Waals surface area contributed by atoms with Crippen molar-refractivity contribution in [1.29, 1.82) is 0 Å². The van der Waals surface area contributed by atoms with Crippen molar-refractivity contribution in [3.05, 3.63) is 54.4 Å². The van der Waals surface area contributed by atoms with Crippen molar-refractivity contribution in [3.8, 4) is 0 Å². The average molecular weight is 346 g/mol. The zero-order valence-electron chi connectivity index (χ0n) is 14.8. The summed E-state index contributed by atoms with van der Waals surface area (Å²) in [5.74, 6) is -0.165. The van der Waals surface area contributed by atoms with Gasteiger partial charge in [0, 0.05) is 25.2 Å². The summed E-state index contributed by atoms with van der Waals surface area (Å²) in [6.07, 6.45) is 3.96. The SMILES string of the molecule is C=C(c1ccc(F)cc1)C1COC2(C)C=CC(=O)CC12.COC(C)=O. The van der Waals surface area contributed by atoms with Crippen LogP contribution >= 0.6 is 0 Å². The highest BCUT2D eigenvalue weighted by Gasteiger charge is 2.48. The summed E-state index contributed by atoms with van der Waals surface area (Å²) in [4.78, 5) is 21.3. The predicted molar refractivity (Wildman–Crippen MR) is 93.2 cm³/mol. The van der Waals surface area contributed by atoms with Crippen molar-refractivity contribution in [3.63, 3.8) is 0 Å². The first-order valence-electron chi connectivity index (χ1n) is 8.12. The van der Waals surface area contributed by atoms with Crippen molar-refractivity contribution in [2.75, 3.05) is 13.7 Å². The van der Waals surface area contributed by atoms with Gasteiger partial charge < -0.3 is 9.47 Å². The number of carbonyl (C=O) groups excluding carboxylic acids is 2. The Bertz CT molecular complexity index is 692. The van der Waals surface area contributed by atoms with Gasteiger partial charge in [-0.3, -0.25) is 9.59 Å². The van der Waals surface area contributed by atoms with Crippen molar-refractivity contribution >= 4 is 17.3 Å². The summed E-state index contributed by atoms with van der Waals surface area (Å²) < 4.78 is 23.0. The number of fused-ring (bicyclic) bond motifs is 1. The van der Waals surface area contributed by atoms with E-state index in [2.05, 4.69) is 11.3 Å². The van der Waals surface area contributed by atoms with Gasteiger partial charge in [-0.25, -0.2) is 4.39 Å². The van der Waals surface area contributed by atoms with Crippen molar-refractivity contribution in [2.45, 2.75) is 25.9 Å². The lowest BCUT2D eigenvalue weighted by Gasteiger charge is -2.32. The Morgan fingerprint density at radius 3 is 2.52 bits per heavy atom. The molecule has 0 saturated carbocycles. The highest BCUT2D eigenvalue weighted by atomic mass is 19.1. The van der Waals surface area contributed by atoms with Crippen LogP contribution in [-0.4, -0.2) is 31.1 Å². The van der Waals surface area contributed by atoms with Crippen LogP contribution in [0, 0.1) is 17.7 Å². The van der Waals surface area contributed by atoms with Crippen LogP contribution in [0.3, 0.4) is 0 Å². The van der Waals surface area contributed by atoms with Gasteiger partial charge in [0.1, 0.15) is 5.82 Å². The molecule has 0 amide bonds. The molecule has 4 nitrogen and oxygen atoms in total. The van der Waals surface area contributed by atoms with Gasteiger partial charge in [-0.1, -0.05) is 18.7 Å². The maximum absolute atomic E-state index is 13.0. The number of hydrogen-bond donors (Lipinski definition) is 0. The summed E-state index contributed by atoms with van der Waals surface area (Å²) in [7, 11) is 1.35. The molecule has 0 spiro atoms. The fourth-order valence-electron chi connectivity index (χ4n) is 3.17. The quantitative estimate of drug-likeness (QED) is 0.768. The van der Waals surface area contributed by atoms with Crippen molar-refractivity contribution < 1.29 is 23.5 Å². The fourth-order valence-corrected chi connectivity index (χ4v) is 3.17. The highest BCUT2D eigenvalue weighted by molar-refractivity contribution is 5.91. The van der Waals surface area contributed by atoms with Crippen LogP contribution in [0.2, 0.25) is 0 Å². The smallest absolute Gasteiger partial charge is 0.302 e. The third-order valence-corrected chi connectivity index (χ3v) is 4.77. The van der Waals surface area contributed by atoms with Crippen LogP contribution in [0.5, 0.6) is 0 Å². The van der Waals surface area contributed by atoms with E-state index in [0.717, 1.165) is 11.1 Å². The third-order valence-electron chi connectivity index (χ3n) is 4.77. The molecule has 1 saturated heterocycles. The minimum absolute atomic E-state index is 0.0966. The predicted octanol–water partition coefficient (Wildman–Crippen LogP) is 3.57. The Labute approximate surface area is 147 Å². The minimum atomic E-state index is -0.387. The molecule has 1 aromatic carbocycles. The maximum Gasteiger partial charge on any atom is 0.302 e. The molecule has 0 radical (unpaired) electrons. The number of allylic oxidation sites excluding steroid dienone is 1. The lowest BCUT2D eigenvalue weighted by molar-refractivity contribution is -0.137.